The number of hydrogen-bond acceptors (Lipinski definition) is 1. The molecule has 0 aliphatic rings. The number of benzene rings is 2. The Bertz CT molecular complexity index is 607. The second-order valence-electron chi connectivity index (χ2n) is 5.51. The Morgan fingerprint density at radius 2 is 1.78 bits per heavy atom. The van der Waals surface area contributed by atoms with Gasteiger partial charge >= 0.3 is 0 Å². The van der Waals surface area contributed by atoms with Gasteiger partial charge in [0.25, 0.3) is 0 Å². The molecule has 2 atom stereocenters. The smallest absolute Gasteiger partial charge is 0.0680 e. The highest BCUT2D eigenvalue weighted by Gasteiger charge is 2.23. The van der Waals surface area contributed by atoms with E-state index in [2.05, 4.69) is 58.9 Å². The zero-order valence-electron chi connectivity index (χ0n) is 13.3. The van der Waals surface area contributed by atoms with Gasteiger partial charge in [-0.05, 0) is 55.2 Å². The molecule has 0 saturated carbocycles. The van der Waals surface area contributed by atoms with E-state index in [0.29, 0.717) is 6.61 Å². The Morgan fingerprint density at radius 1 is 1.13 bits per heavy atom. The molecule has 2 rings (SSSR count). The number of ether oxygens (including phenoxy) is 1. The fourth-order valence-electron chi connectivity index (χ4n) is 2.78. The highest BCUT2D eigenvalue weighted by Crippen LogP contribution is 2.30. The zero-order chi connectivity index (χ0) is 16.7. The van der Waals surface area contributed by atoms with Crippen molar-refractivity contribution in [1.82, 2.24) is 0 Å². The maximum atomic E-state index is 6.02. The van der Waals surface area contributed by atoms with Gasteiger partial charge < -0.3 is 4.74 Å². The Morgan fingerprint density at radius 3 is 2.35 bits per heavy atom. The minimum atomic E-state index is 0.120. The molecule has 0 saturated heterocycles. The molecule has 122 valence electrons. The molecule has 1 nitrogen and oxygen atoms in total. The summed E-state index contributed by atoms with van der Waals surface area (Å²) in [5.41, 5.74) is 2.54. The van der Waals surface area contributed by atoms with Crippen LogP contribution >= 0.6 is 27.5 Å². The molecule has 0 heterocycles. The van der Waals surface area contributed by atoms with E-state index in [9.17, 15) is 0 Å². The molecule has 0 spiro atoms. The minimum absolute atomic E-state index is 0.120. The normalized spacial score (nSPS) is 13.5. The van der Waals surface area contributed by atoms with Crippen LogP contribution in [0.2, 0.25) is 5.02 Å². The average molecular weight is 394 g/mol. The van der Waals surface area contributed by atoms with E-state index < -0.39 is 0 Å². The number of hydrogen-bond donors (Lipinski definition) is 0. The van der Waals surface area contributed by atoms with E-state index >= 15 is 0 Å². The predicted molar refractivity (Wildman–Crippen MR) is 102 cm³/mol. The monoisotopic (exact) mass is 392 g/mol. The van der Waals surface area contributed by atoms with Gasteiger partial charge in [-0.15, -0.1) is 6.58 Å². The maximum Gasteiger partial charge on any atom is 0.0680 e. The second-order valence-corrected chi connectivity index (χ2v) is 6.86. The van der Waals surface area contributed by atoms with Crippen molar-refractivity contribution >= 4 is 27.5 Å². The molecule has 0 N–H and O–H groups in total. The Kier molecular flexibility index (Phi) is 7.35. The third-order valence-corrected chi connectivity index (χ3v) is 4.68. The standard InChI is InChI=1S/C20H22BrClO/c1-3-5-20(23-4-2)19(16-8-10-17(21)11-9-16)14-15-6-12-18(22)13-7-15/h3,6-13,19-20H,1,4-5,14H2,2H3/t19-,20?/m1/s1. The molecular weight excluding hydrogens is 372 g/mol. The highest BCUT2D eigenvalue weighted by molar-refractivity contribution is 9.10. The Balaban J connectivity index is 2.30. The number of rotatable bonds is 8. The quantitative estimate of drug-likeness (QED) is 0.471. The van der Waals surface area contributed by atoms with Crippen molar-refractivity contribution in [2.24, 2.45) is 0 Å². The molecule has 0 amide bonds. The Labute approximate surface area is 152 Å². The summed E-state index contributed by atoms with van der Waals surface area (Å²) in [7, 11) is 0. The van der Waals surface area contributed by atoms with Gasteiger partial charge in [0.05, 0.1) is 6.10 Å². The predicted octanol–water partition coefficient (Wildman–Crippen LogP) is 6.41. The van der Waals surface area contributed by atoms with Gasteiger partial charge in [-0.1, -0.05) is 57.9 Å². The van der Waals surface area contributed by atoms with Gasteiger partial charge in [0.2, 0.25) is 0 Å². The van der Waals surface area contributed by atoms with Crippen molar-refractivity contribution in [3.8, 4) is 0 Å². The molecule has 3 heteroatoms. The summed E-state index contributed by atoms with van der Waals surface area (Å²) in [5.74, 6) is 0.280. The van der Waals surface area contributed by atoms with Crippen LogP contribution in [0.15, 0.2) is 65.7 Å². The topological polar surface area (TPSA) is 9.23 Å². The van der Waals surface area contributed by atoms with Crippen molar-refractivity contribution in [1.29, 1.82) is 0 Å². The van der Waals surface area contributed by atoms with Crippen LogP contribution in [0.3, 0.4) is 0 Å². The molecule has 0 aliphatic carbocycles. The lowest BCUT2D eigenvalue weighted by molar-refractivity contribution is 0.0447. The molecule has 0 bridgehead atoms. The highest BCUT2D eigenvalue weighted by atomic mass is 79.9. The van der Waals surface area contributed by atoms with E-state index in [1.54, 1.807) is 0 Å². The first-order valence-corrected chi connectivity index (χ1v) is 9.03. The van der Waals surface area contributed by atoms with Crippen molar-refractivity contribution in [3.63, 3.8) is 0 Å². The summed E-state index contributed by atoms with van der Waals surface area (Å²) < 4.78 is 7.10. The van der Waals surface area contributed by atoms with E-state index in [4.69, 9.17) is 16.3 Å². The van der Waals surface area contributed by atoms with E-state index in [1.165, 1.54) is 11.1 Å². The summed E-state index contributed by atoms with van der Waals surface area (Å²) >= 11 is 9.51. The summed E-state index contributed by atoms with van der Waals surface area (Å²) in [6.45, 7) is 6.63. The van der Waals surface area contributed by atoms with Crippen molar-refractivity contribution in [2.75, 3.05) is 6.61 Å². The molecular formula is C20H22BrClO. The van der Waals surface area contributed by atoms with Gasteiger partial charge in [0, 0.05) is 22.0 Å². The fourth-order valence-corrected chi connectivity index (χ4v) is 3.17. The molecule has 1 unspecified atom stereocenters. The van der Waals surface area contributed by atoms with Crippen LogP contribution in [0.1, 0.15) is 30.4 Å². The largest absolute Gasteiger partial charge is 0.378 e. The summed E-state index contributed by atoms with van der Waals surface area (Å²) in [4.78, 5) is 0. The van der Waals surface area contributed by atoms with Crippen LogP contribution in [-0.4, -0.2) is 12.7 Å². The fraction of sp³-hybridized carbons (Fsp3) is 0.300. The molecule has 2 aromatic carbocycles. The SMILES string of the molecule is C=CCC(OCC)[C@H](Cc1ccc(Cl)cc1)c1ccc(Br)cc1. The van der Waals surface area contributed by atoms with Gasteiger partial charge in [-0.25, -0.2) is 0 Å². The first kappa shape index (κ1) is 18.3. The van der Waals surface area contributed by atoms with E-state index in [1.807, 2.05) is 25.1 Å². The molecule has 0 aromatic heterocycles. The van der Waals surface area contributed by atoms with Gasteiger partial charge in [-0.3, -0.25) is 0 Å². The van der Waals surface area contributed by atoms with Crippen LogP contribution in [0.5, 0.6) is 0 Å². The average Bonchev–Trinajstić information content (AvgIpc) is 2.55. The molecule has 0 fully saturated rings. The molecule has 23 heavy (non-hydrogen) atoms. The van der Waals surface area contributed by atoms with Gasteiger partial charge in [-0.2, -0.15) is 0 Å². The molecule has 0 aliphatic heterocycles. The zero-order valence-corrected chi connectivity index (χ0v) is 15.7. The maximum absolute atomic E-state index is 6.02. The molecule has 2 aromatic rings. The third kappa shape index (κ3) is 5.49. The van der Waals surface area contributed by atoms with Crippen LogP contribution in [0.4, 0.5) is 0 Å². The van der Waals surface area contributed by atoms with Crippen LogP contribution in [0.25, 0.3) is 0 Å². The van der Waals surface area contributed by atoms with Crippen LogP contribution < -0.4 is 0 Å². The number of halogens is 2. The van der Waals surface area contributed by atoms with Crippen molar-refractivity contribution < 1.29 is 4.74 Å². The first-order chi connectivity index (χ1) is 11.1. The van der Waals surface area contributed by atoms with Crippen LogP contribution in [-0.2, 0) is 11.2 Å². The van der Waals surface area contributed by atoms with Gasteiger partial charge in [0.15, 0.2) is 0 Å². The minimum Gasteiger partial charge on any atom is -0.378 e. The second kappa shape index (κ2) is 9.27. The summed E-state index contributed by atoms with van der Waals surface area (Å²) in [6, 6.07) is 16.6. The van der Waals surface area contributed by atoms with Crippen molar-refractivity contribution in [3.05, 3.63) is 81.8 Å². The van der Waals surface area contributed by atoms with Crippen LogP contribution in [0, 0.1) is 0 Å². The third-order valence-electron chi connectivity index (χ3n) is 3.90. The first-order valence-electron chi connectivity index (χ1n) is 7.86. The van der Waals surface area contributed by atoms with Gasteiger partial charge in [0.1, 0.15) is 0 Å². The Hall–Kier alpha value is -1.09. The lowest BCUT2D eigenvalue weighted by atomic mass is 9.86. The summed E-state index contributed by atoms with van der Waals surface area (Å²) in [5, 5.41) is 0.765. The lowest BCUT2D eigenvalue weighted by Crippen LogP contribution is -2.24. The summed E-state index contributed by atoms with van der Waals surface area (Å²) in [6.07, 6.45) is 3.81. The molecule has 0 radical (unpaired) electrons. The van der Waals surface area contributed by atoms with Crippen molar-refractivity contribution in [2.45, 2.75) is 31.8 Å². The lowest BCUT2D eigenvalue weighted by Gasteiger charge is -2.27. The van der Waals surface area contributed by atoms with E-state index in [-0.39, 0.29) is 12.0 Å². The van der Waals surface area contributed by atoms with E-state index in [0.717, 1.165) is 22.3 Å².